The van der Waals surface area contributed by atoms with E-state index in [1.165, 1.54) is 12.1 Å². The fourth-order valence-corrected chi connectivity index (χ4v) is 1.51. The van der Waals surface area contributed by atoms with E-state index >= 15 is 0 Å². The van der Waals surface area contributed by atoms with Crippen LogP contribution in [0, 0.1) is 11.3 Å². The Hall–Kier alpha value is -2.06. The van der Waals surface area contributed by atoms with Crippen LogP contribution in [0.3, 0.4) is 0 Å². The van der Waals surface area contributed by atoms with E-state index in [4.69, 9.17) is 22.0 Å². The number of H-pyrrole nitrogens is 1. The standard InChI is InChI=1S/C9H4ClN3O2/c10-9-12-6-4(3-11)1-2-5(8(14)15)7(6)13-9/h1-2H,(H,12,13)(H,14,15). The van der Waals surface area contributed by atoms with E-state index in [-0.39, 0.29) is 16.4 Å². The summed E-state index contributed by atoms with van der Waals surface area (Å²) in [5, 5.41) is 17.7. The maximum Gasteiger partial charge on any atom is 0.337 e. The SMILES string of the molecule is N#Cc1ccc(C(=O)O)c2nc(Cl)[nH]c12. The smallest absolute Gasteiger partial charge is 0.337 e. The maximum absolute atomic E-state index is 10.8. The fourth-order valence-electron chi connectivity index (χ4n) is 1.33. The Morgan fingerprint density at radius 1 is 1.60 bits per heavy atom. The van der Waals surface area contributed by atoms with Gasteiger partial charge in [-0.1, -0.05) is 0 Å². The molecule has 5 nitrogen and oxygen atoms in total. The Balaban J connectivity index is 2.90. The van der Waals surface area contributed by atoms with Crippen molar-refractivity contribution >= 4 is 28.6 Å². The fraction of sp³-hybridized carbons (Fsp3) is 0. The number of carboxylic acid groups (broad SMARTS) is 1. The van der Waals surface area contributed by atoms with Crippen molar-refractivity contribution in [2.45, 2.75) is 0 Å². The van der Waals surface area contributed by atoms with E-state index in [9.17, 15) is 4.79 Å². The van der Waals surface area contributed by atoms with Gasteiger partial charge in [-0.3, -0.25) is 0 Å². The summed E-state index contributed by atoms with van der Waals surface area (Å²) in [4.78, 5) is 17.3. The quantitative estimate of drug-likeness (QED) is 0.768. The van der Waals surface area contributed by atoms with Gasteiger partial charge in [0.1, 0.15) is 11.6 Å². The number of aromatic nitrogens is 2. The largest absolute Gasteiger partial charge is 0.478 e. The van der Waals surface area contributed by atoms with Gasteiger partial charge in [0, 0.05) is 0 Å². The lowest BCUT2D eigenvalue weighted by atomic mass is 10.1. The molecule has 0 bridgehead atoms. The van der Waals surface area contributed by atoms with Crippen molar-refractivity contribution in [1.82, 2.24) is 9.97 Å². The second-order valence-corrected chi connectivity index (χ2v) is 3.19. The molecule has 1 aromatic carbocycles. The van der Waals surface area contributed by atoms with Gasteiger partial charge in [-0.05, 0) is 23.7 Å². The third-order valence-corrected chi connectivity index (χ3v) is 2.15. The molecule has 2 aromatic rings. The van der Waals surface area contributed by atoms with Gasteiger partial charge in [-0.2, -0.15) is 5.26 Å². The molecule has 0 aliphatic heterocycles. The molecule has 0 amide bonds. The molecule has 0 atom stereocenters. The molecule has 0 spiro atoms. The number of halogens is 1. The van der Waals surface area contributed by atoms with Crippen LogP contribution in [-0.4, -0.2) is 21.0 Å². The van der Waals surface area contributed by atoms with Crippen LogP contribution >= 0.6 is 11.6 Å². The highest BCUT2D eigenvalue weighted by Crippen LogP contribution is 2.22. The Kier molecular flexibility index (Phi) is 2.06. The van der Waals surface area contributed by atoms with Crippen molar-refractivity contribution in [1.29, 1.82) is 5.26 Å². The summed E-state index contributed by atoms with van der Waals surface area (Å²) >= 11 is 5.62. The van der Waals surface area contributed by atoms with E-state index in [0.717, 1.165) is 0 Å². The van der Waals surface area contributed by atoms with Gasteiger partial charge in [0.15, 0.2) is 0 Å². The number of carboxylic acids is 1. The lowest BCUT2D eigenvalue weighted by Crippen LogP contribution is -1.98. The summed E-state index contributed by atoms with van der Waals surface area (Å²) in [6.07, 6.45) is 0. The van der Waals surface area contributed by atoms with Crippen LogP contribution in [0.25, 0.3) is 11.0 Å². The van der Waals surface area contributed by atoms with Crippen molar-refractivity contribution in [3.63, 3.8) is 0 Å². The first kappa shape index (κ1) is 9.49. The first-order valence-corrected chi connectivity index (χ1v) is 4.33. The number of hydrogen-bond donors (Lipinski definition) is 2. The molecular weight excluding hydrogens is 218 g/mol. The highest BCUT2D eigenvalue weighted by atomic mass is 35.5. The molecule has 1 aromatic heterocycles. The first-order valence-electron chi connectivity index (χ1n) is 3.95. The maximum atomic E-state index is 10.8. The second kappa shape index (κ2) is 3.26. The van der Waals surface area contributed by atoms with Gasteiger partial charge in [-0.15, -0.1) is 0 Å². The van der Waals surface area contributed by atoms with E-state index in [1.54, 1.807) is 0 Å². The summed E-state index contributed by atoms with van der Waals surface area (Å²) in [7, 11) is 0. The number of benzene rings is 1. The van der Waals surface area contributed by atoms with Crippen LogP contribution < -0.4 is 0 Å². The minimum absolute atomic E-state index is 0.0205. The van der Waals surface area contributed by atoms with Gasteiger partial charge in [0.2, 0.25) is 5.28 Å². The van der Waals surface area contributed by atoms with Crippen molar-refractivity contribution in [2.75, 3.05) is 0 Å². The number of rotatable bonds is 1. The van der Waals surface area contributed by atoms with Gasteiger partial charge < -0.3 is 10.1 Å². The molecule has 0 fully saturated rings. The van der Waals surface area contributed by atoms with E-state index in [2.05, 4.69) is 9.97 Å². The number of imidazole rings is 1. The van der Waals surface area contributed by atoms with Crippen molar-refractivity contribution in [3.8, 4) is 6.07 Å². The molecule has 1 heterocycles. The third-order valence-electron chi connectivity index (χ3n) is 1.97. The Morgan fingerprint density at radius 2 is 2.33 bits per heavy atom. The van der Waals surface area contributed by atoms with Gasteiger partial charge in [0.25, 0.3) is 0 Å². The van der Waals surface area contributed by atoms with Crippen LogP contribution in [0.2, 0.25) is 5.28 Å². The van der Waals surface area contributed by atoms with Crippen molar-refractivity contribution < 1.29 is 9.90 Å². The lowest BCUT2D eigenvalue weighted by Gasteiger charge is -1.96. The summed E-state index contributed by atoms with van der Waals surface area (Å²) in [6.45, 7) is 0. The van der Waals surface area contributed by atoms with Gasteiger partial charge in [-0.25, -0.2) is 9.78 Å². The number of carbonyl (C=O) groups is 1. The van der Waals surface area contributed by atoms with E-state index in [1.807, 2.05) is 6.07 Å². The number of nitrogens with zero attached hydrogens (tertiary/aromatic N) is 2. The third kappa shape index (κ3) is 1.41. The molecule has 0 saturated carbocycles. The summed E-state index contributed by atoms with van der Waals surface area (Å²) < 4.78 is 0. The van der Waals surface area contributed by atoms with Crippen LogP contribution in [0.4, 0.5) is 0 Å². The predicted octanol–water partition coefficient (Wildman–Crippen LogP) is 1.79. The molecule has 15 heavy (non-hydrogen) atoms. The normalized spacial score (nSPS) is 10.1. The molecule has 2 rings (SSSR count). The molecule has 0 saturated heterocycles. The molecule has 0 aliphatic rings. The lowest BCUT2D eigenvalue weighted by molar-refractivity contribution is 0.0699. The number of nitrogens with one attached hydrogen (secondary N) is 1. The van der Waals surface area contributed by atoms with Crippen LogP contribution in [0.1, 0.15) is 15.9 Å². The number of fused-ring (bicyclic) bond motifs is 1. The minimum atomic E-state index is -1.10. The molecule has 0 aliphatic carbocycles. The average Bonchev–Trinajstić information content (AvgIpc) is 2.56. The summed E-state index contributed by atoms with van der Waals surface area (Å²) in [5.74, 6) is -1.10. The Labute approximate surface area is 88.9 Å². The molecule has 2 N–H and O–H groups in total. The van der Waals surface area contributed by atoms with E-state index < -0.39 is 5.97 Å². The number of aromatic carboxylic acids is 1. The zero-order valence-electron chi connectivity index (χ0n) is 7.28. The molecule has 74 valence electrons. The van der Waals surface area contributed by atoms with E-state index in [0.29, 0.717) is 11.1 Å². The predicted molar refractivity (Wildman–Crippen MR) is 52.8 cm³/mol. The number of aromatic amines is 1. The Bertz CT molecular complexity index is 597. The van der Waals surface area contributed by atoms with Gasteiger partial charge in [0.05, 0.1) is 16.6 Å². The van der Waals surface area contributed by atoms with Gasteiger partial charge >= 0.3 is 5.97 Å². The van der Waals surface area contributed by atoms with Crippen LogP contribution in [0.5, 0.6) is 0 Å². The molecular formula is C9H4ClN3O2. The van der Waals surface area contributed by atoms with Crippen LogP contribution in [-0.2, 0) is 0 Å². The highest BCUT2D eigenvalue weighted by Gasteiger charge is 2.14. The first-order chi connectivity index (χ1) is 7.13. The zero-order chi connectivity index (χ0) is 11.0. The second-order valence-electron chi connectivity index (χ2n) is 2.83. The zero-order valence-corrected chi connectivity index (χ0v) is 8.04. The minimum Gasteiger partial charge on any atom is -0.478 e. The van der Waals surface area contributed by atoms with Crippen molar-refractivity contribution in [3.05, 3.63) is 28.5 Å². The molecule has 0 radical (unpaired) electrons. The number of nitriles is 1. The number of hydrogen-bond acceptors (Lipinski definition) is 3. The van der Waals surface area contributed by atoms with Crippen LogP contribution in [0.15, 0.2) is 12.1 Å². The molecule has 6 heteroatoms. The molecule has 0 unspecified atom stereocenters. The summed E-state index contributed by atoms with van der Waals surface area (Å²) in [5.41, 5.74) is 0.885. The Morgan fingerprint density at radius 3 is 2.93 bits per heavy atom. The summed E-state index contributed by atoms with van der Waals surface area (Å²) in [6, 6.07) is 4.68. The monoisotopic (exact) mass is 221 g/mol. The van der Waals surface area contributed by atoms with Crippen molar-refractivity contribution in [2.24, 2.45) is 0 Å². The average molecular weight is 222 g/mol. The highest BCUT2D eigenvalue weighted by molar-refractivity contribution is 6.29. The topological polar surface area (TPSA) is 89.8 Å².